The molecule has 0 radical (unpaired) electrons. The van der Waals surface area contributed by atoms with Crippen molar-refractivity contribution in [2.24, 2.45) is 0 Å². The average Bonchev–Trinajstić information content (AvgIpc) is 3.11. The molecule has 0 saturated heterocycles. The first kappa shape index (κ1) is 13.8. The van der Waals surface area contributed by atoms with Crippen molar-refractivity contribution in [1.82, 2.24) is 20.0 Å². The lowest BCUT2D eigenvalue weighted by Crippen LogP contribution is -2.22. The molecule has 0 spiro atoms. The molecule has 0 amide bonds. The third kappa shape index (κ3) is 2.64. The molecule has 3 aromatic rings. The summed E-state index contributed by atoms with van der Waals surface area (Å²) < 4.78 is 6.65. The summed E-state index contributed by atoms with van der Waals surface area (Å²) in [7, 11) is 2.07. The Hall–Kier alpha value is -1.79. The van der Waals surface area contributed by atoms with Gasteiger partial charge < -0.3 is 4.52 Å². The van der Waals surface area contributed by atoms with E-state index in [-0.39, 0.29) is 6.04 Å². The van der Waals surface area contributed by atoms with E-state index in [1.165, 1.54) is 17.5 Å². The lowest BCUT2D eigenvalue weighted by Gasteiger charge is -2.19. The molecule has 1 unspecified atom stereocenters. The van der Waals surface area contributed by atoms with Gasteiger partial charge in [-0.15, -0.1) is 11.3 Å². The van der Waals surface area contributed by atoms with Gasteiger partial charge in [0.05, 0.1) is 22.8 Å². The fourth-order valence-electron chi connectivity index (χ4n) is 2.45. The Morgan fingerprint density at radius 1 is 1.32 bits per heavy atom. The van der Waals surface area contributed by atoms with Crippen molar-refractivity contribution in [3.8, 4) is 0 Å². The zero-order valence-corrected chi connectivity index (χ0v) is 13.5. The van der Waals surface area contributed by atoms with Crippen LogP contribution in [0.4, 0.5) is 0 Å². The highest BCUT2D eigenvalue weighted by atomic mass is 32.1. The minimum Gasteiger partial charge on any atom is -0.338 e. The van der Waals surface area contributed by atoms with Gasteiger partial charge in [-0.3, -0.25) is 4.90 Å². The fourth-order valence-corrected chi connectivity index (χ4v) is 3.48. The highest BCUT2D eigenvalue weighted by Crippen LogP contribution is 2.38. The molecule has 22 heavy (non-hydrogen) atoms. The molecule has 6 heteroatoms. The summed E-state index contributed by atoms with van der Waals surface area (Å²) >= 11 is 1.74. The Bertz CT molecular complexity index is 759. The number of fused-ring (bicyclic) bond motifs is 1. The van der Waals surface area contributed by atoms with E-state index in [4.69, 9.17) is 4.52 Å². The summed E-state index contributed by atoms with van der Waals surface area (Å²) in [6.45, 7) is 2.87. The van der Waals surface area contributed by atoms with Crippen molar-refractivity contribution in [2.75, 3.05) is 7.05 Å². The smallest absolute Gasteiger partial charge is 0.243 e. The number of para-hydroxylation sites is 1. The molecule has 2 aromatic heterocycles. The highest BCUT2D eigenvalue weighted by Gasteiger charge is 2.30. The van der Waals surface area contributed by atoms with Crippen molar-refractivity contribution in [2.45, 2.75) is 38.3 Å². The Kier molecular flexibility index (Phi) is 3.43. The molecule has 114 valence electrons. The first-order valence-electron chi connectivity index (χ1n) is 7.59. The summed E-state index contributed by atoms with van der Waals surface area (Å²) in [6.07, 6.45) is 2.38. The molecule has 4 rings (SSSR count). The van der Waals surface area contributed by atoms with Crippen LogP contribution in [0.15, 0.2) is 28.8 Å². The van der Waals surface area contributed by atoms with Crippen LogP contribution in [0, 0.1) is 0 Å². The molecule has 1 fully saturated rings. The van der Waals surface area contributed by atoms with Gasteiger partial charge >= 0.3 is 0 Å². The first-order chi connectivity index (χ1) is 10.7. The van der Waals surface area contributed by atoms with Gasteiger partial charge in [0.1, 0.15) is 5.01 Å². The quantitative estimate of drug-likeness (QED) is 0.718. The summed E-state index contributed by atoms with van der Waals surface area (Å²) in [6, 6.07) is 8.33. The zero-order chi connectivity index (χ0) is 15.1. The first-order valence-corrected chi connectivity index (χ1v) is 8.40. The summed E-state index contributed by atoms with van der Waals surface area (Å²) in [5, 5.41) is 5.21. The van der Waals surface area contributed by atoms with Gasteiger partial charge in [-0.05, 0) is 38.9 Å². The number of hydrogen-bond acceptors (Lipinski definition) is 6. The number of aromatic nitrogens is 3. The Morgan fingerprint density at radius 2 is 2.14 bits per heavy atom. The Balaban J connectivity index is 1.48. The minimum absolute atomic E-state index is 0.0898. The van der Waals surface area contributed by atoms with E-state index < -0.39 is 0 Å². The van der Waals surface area contributed by atoms with Crippen LogP contribution >= 0.6 is 11.3 Å². The van der Waals surface area contributed by atoms with Gasteiger partial charge in [-0.1, -0.05) is 17.3 Å². The SMILES string of the molecule is CC(c1nc(C2CC2)no1)N(C)Cc1nc2ccccc2s1. The van der Waals surface area contributed by atoms with E-state index in [0.717, 1.165) is 22.9 Å². The molecule has 0 N–H and O–H groups in total. The fraction of sp³-hybridized carbons (Fsp3) is 0.438. The van der Waals surface area contributed by atoms with Crippen molar-refractivity contribution >= 4 is 21.6 Å². The van der Waals surface area contributed by atoms with E-state index in [0.29, 0.717) is 11.8 Å². The second kappa shape index (κ2) is 5.44. The average molecular weight is 314 g/mol. The molecule has 5 nitrogen and oxygen atoms in total. The highest BCUT2D eigenvalue weighted by molar-refractivity contribution is 7.18. The van der Waals surface area contributed by atoms with Gasteiger partial charge in [0, 0.05) is 5.92 Å². The lowest BCUT2D eigenvalue weighted by molar-refractivity contribution is 0.202. The van der Waals surface area contributed by atoms with E-state index in [9.17, 15) is 0 Å². The topological polar surface area (TPSA) is 55.1 Å². The number of hydrogen-bond donors (Lipinski definition) is 0. The normalized spacial score (nSPS) is 16.5. The monoisotopic (exact) mass is 314 g/mol. The maximum atomic E-state index is 5.43. The molecule has 1 aliphatic rings. The number of nitrogens with zero attached hydrogens (tertiary/aromatic N) is 4. The number of thiazole rings is 1. The Labute approximate surface area is 133 Å². The van der Waals surface area contributed by atoms with Crippen molar-refractivity contribution < 1.29 is 4.52 Å². The summed E-state index contributed by atoms with van der Waals surface area (Å²) in [5.41, 5.74) is 1.07. The third-order valence-electron chi connectivity index (χ3n) is 4.14. The van der Waals surface area contributed by atoms with Crippen LogP contribution in [0.3, 0.4) is 0 Å². The second-order valence-corrected chi connectivity index (χ2v) is 7.05. The van der Waals surface area contributed by atoms with Crippen molar-refractivity contribution in [3.63, 3.8) is 0 Å². The molecule has 2 heterocycles. The summed E-state index contributed by atoms with van der Waals surface area (Å²) in [5.74, 6) is 2.10. The van der Waals surface area contributed by atoms with E-state index >= 15 is 0 Å². The second-order valence-electron chi connectivity index (χ2n) is 5.93. The zero-order valence-electron chi connectivity index (χ0n) is 12.7. The molecule has 1 saturated carbocycles. The molecule has 0 aliphatic heterocycles. The minimum atomic E-state index is 0.0898. The van der Waals surface area contributed by atoms with Crippen LogP contribution in [0.25, 0.3) is 10.2 Å². The standard InChI is InChI=1S/C16H18N4OS/c1-10(16-18-15(19-21-16)11-7-8-11)20(2)9-14-17-12-5-3-4-6-13(12)22-14/h3-6,10-11H,7-9H2,1-2H3. The van der Waals surface area contributed by atoms with Gasteiger partial charge in [0.2, 0.25) is 5.89 Å². The number of benzene rings is 1. The Morgan fingerprint density at radius 3 is 2.91 bits per heavy atom. The van der Waals surface area contributed by atoms with Gasteiger partial charge in [-0.2, -0.15) is 4.98 Å². The lowest BCUT2D eigenvalue weighted by atomic mass is 10.3. The molecular weight excluding hydrogens is 296 g/mol. The van der Waals surface area contributed by atoms with Crippen LogP contribution in [0.1, 0.15) is 48.4 Å². The largest absolute Gasteiger partial charge is 0.338 e. The predicted octanol–water partition coefficient (Wildman–Crippen LogP) is 3.75. The third-order valence-corrected chi connectivity index (χ3v) is 5.16. The van der Waals surface area contributed by atoms with Gasteiger partial charge in [-0.25, -0.2) is 4.98 Å². The van der Waals surface area contributed by atoms with Crippen LogP contribution in [-0.4, -0.2) is 27.1 Å². The molecule has 1 aromatic carbocycles. The maximum absolute atomic E-state index is 5.43. The van der Waals surface area contributed by atoms with Crippen LogP contribution < -0.4 is 0 Å². The molecule has 1 atom stereocenters. The molecular formula is C16H18N4OS. The molecule has 1 aliphatic carbocycles. The van der Waals surface area contributed by atoms with E-state index in [2.05, 4.69) is 52.2 Å². The predicted molar refractivity (Wildman–Crippen MR) is 85.8 cm³/mol. The summed E-state index contributed by atoms with van der Waals surface area (Å²) in [4.78, 5) is 11.4. The van der Waals surface area contributed by atoms with Crippen LogP contribution in [-0.2, 0) is 6.54 Å². The molecule has 0 bridgehead atoms. The van der Waals surface area contributed by atoms with Gasteiger partial charge in [0.25, 0.3) is 0 Å². The van der Waals surface area contributed by atoms with Crippen LogP contribution in [0.5, 0.6) is 0 Å². The maximum Gasteiger partial charge on any atom is 0.243 e. The van der Waals surface area contributed by atoms with Gasteiger partial charge in [0.15, 0.2) is 5.82 Å². The van der Waals surface area contributed by atoms with E-state index in [1.54, 1.807) is 11.3 Å². The number of rotatable bonds is 5. The van der Waals surface area contributed by atoms with Crippen molar-refractivity contribution in [1.29, 1.82) is 0 Å². The van der Waals surface area contributed by atoms with Crippen molar-refractivity contribution in [3.05, 3.63) is 41.0 Å². The van der Waals surface area contributed by atoms with E-state index in [1.807, 2.05) is 6.07 Å². The van der Waals surface area contributed by atoms with Crippen LogP contribution in [0.2, 0.25) is 0 Å².